The Bertz CT molecular complexity index is 631. The van der Waals surface area contributed by atoms with Crippen LogP contribution in [0.2, 0.25) is 0 Å². The monoisotopic (exact) mass is 345 g/mol. The predicted molar refractivity (Wildman–Crippen MR) is 86.4 cm³/mol. The lowest BCUT2D eigenvalue weighted by Crippen LogP contribution is -2.49. The summed E-state index contributed by atoms with van der Waals surface area (Å²) in [5.41, 5.74) is 0.868. The number of nitrogens with zero attached hydrogens (tertiary/aromatic N) is 2. The summed E-state index contributed by atoms with van der Waals surface area (Å²) in [6, 6.07) is -0.00851. The highest BCUT2D eigenvalue weighted by Crippen LogP contribution is 2.35. The first kappa shape index (κ1) is 16.3. The third-order valence-corrected chi connectivity index (χ3v) is 6.01. The fourth-order valence-electron chi connectivity index (χ4n) is 3.44. The number of likely N-dealkylation sites (tertiary alicyclic amines) is 1. The fourth-order valence-corrected chi connectivity index (χ4v) is 5.06. The van der Waals surface area contributed by atoms with Crippen LogP contribution in [0.1, 0.15) is 30.0 Å². The maximum atomic E-state index is 11.4. The second-order valence-corrected chi connectivity index (χ2v) is 9.18. The molecule has 2 aliphatic rings. The zero-order chi connectivity index (χ0) is 15.8. The van der Waals surface area contributed by atoms with E-state index >= 15 is 0 Å². The van der Waals surface area contributed by atoms with Crippen LogP contribution < -0.4 is 4.72 Å². The molecule has 2 atom stereocenters. The SMILES string of the molecule is Cc1csc(CN2CC[C@]3(C[C@@H](NS(C)(=O)=O)CCO3)C2)n1. The van der Waals surface area contributed by atoms with Crippen LogP contribution in [-0.2, 0) is 21.3 Å². The molecule has 6 nitrogen and oxygen atoms in total. The standard InChI is InChI=1S/C14H23N3O3S2/c1-11-9-21-13(15-11)8-17-5-4-14(10-17)7-12(3-6-20-14)16-22(2,18)19/h9,12,16H,3-8,10H2,1-2H3/t12-,14-/m0/s1. The Kier molecular flexibility index (Phi) is 4.57. The second-order valence-electron chi connectivity index (χ2n) is 6.45. The minimum Gasteiger partial charge on any atom is -0.373 e. The lowest BCUT2D eigenvalue weighted by atomic mass is 9.90. The van der Waals surface area contributed by atoms with Crippen LogP contribution in [-0.4, -0.2) is 55.9 Å². The smallest absolute Gasteiger partial charge is 0.208 e. The van der Waals surface area contributed by atoms with Gasteiger partial charge in [-0.15, -0.1) is 11.3 Å². The molecule has 3 heterocycles. The van der Waals surface area contributed by atoms with Crippen molar-refractivity contribution in [1.82, 2.24) is 14.6 Å². The second kappa shape index (κ2) is 6.16. The van der Waals surface area contributed by atoms with Crippen molar-refractivity contribution < 1.29 is 13.2 Å². The lowest BCUT2D eigenvalue weighted by Gasteiger charge is -2.38. The molecule has 8 heteroatoms. The number of ether oxygens (including phenoxy) is 1. The van der Waals surface area contributed by atoms with Crippen LogP contribution in [0.25, 0.3) is 0 Å². The molecule has 1 aromatic rings. The molecule has 0 aliphatic carbocycles. The molecule has 22 heavy (non-hydrogen) atoms. The van der Waals surface area contributed by atoms with E-state index in [1.807, 2.05) is 6.92 Å². The minimum absolute atomic E-state index is 0.00851. The molecular weight excluding hydrogens is 322 g/mol. The molecule has 0 bridgehead atoms. The average Bonchev–Trinajstić information content (AvgIpc) is 2.96. The molecule has 0 aromatic carbocycles. The Morgan fingerprint density at radius 3 is 3.09 bits per heavy atom. The van der Waals surface area contributed by atoms with Crippen LogP contribution >= 0.6 is 11.3 Å². The summed E-state index contributed by atoms with van der Waals surface area (Å²) in [5, 5.41) is 3.21. The Hall–Kier alpha value is -0.540. The quantitative estimate of drug-likeness (QED) is 0.885. The summed E-state index contributed by atoms with van der Waals surface area (Å²) in [6.45, 7) is 5.32. The van der Waals surface area contributed by atoms with Gasteiger partial charge in [0.2, 0.25) is 10.0 Å². The Morgan fingerprint density at radius 2 is 2.41 bits per heavy atom. The van der Waals surface area contributed by atoms with Crippen molar-refractivity contribution in [3.05, 3.63) is 16.1 Å². The third-order valence-electron chi connectivity index (χ3n) is 4.29. The van der Waals surface area contributed by atoms with Gasteiger partial charge in [0, 0.05) is 36.8 Å². The van der Waals surface area contributed by atoms with E-state index in [0.717, 1.165) is 49.6 Å². The number of aromatic nitrogens is 1. The number of hydrogen-bond donors (Lipinski definition) is 1. The molecule has 2 fully saturated rings. The number of rotatable bonds is 4. The first-order chi connectivity index (χ1) is 10.3. The van der Waals surface area contributed by atoms with Crippen molar-refractivity contribution in [2.75, 3.05) is 26.0 Å². The van der Waals surface area contributed by atoms with E-state index in [-0.39, 0.29) is 11.6 Å². The Balaban J connectivity index is 1.60. The van der Waals surface area contributed by atoms with E-state index in [1.165, 1.54) is 6.26 Å². The Morgan fingerprint density at radius 1 is 1.59 bits per heavy atom. The van der Waals surface area contributed by atoms with Gasteiger partial charge in [-0.3, -0.25) is 4.90 Å². The van der Waals surface area contributed by atoms with E-state index in [1.54, 1.807) is 11.3 Å². The number of thiazole rings is 1. The van der Waals surface area contributed by atoms with Crippen LogP contribution in [0.15, 0.2) is 5.38 Å². The molecule has 1 aromatic heterocycles. The van der Waals surface area contributed by atoms with Gasteiger partial charge in [-0.05, 0) is 26.2 Å². The van der Waals surface area contributed by atoms with Crippen molar-refractivity contribution in [3.8, 4) is 0 Å². The van der Waals surface area contributed by atoms with Gasteiger partial charge in [0.25, 0.3) is 0 Å². The van der Waals surface area contributed by atoms with E-state index in [4.69, 9.17) is 4.74 Å². The molecule has 1 spiro atoms. The maximum absolute atomic E-state index is 11.4. The van der Waals surface area contributed by atoms with Crippen LogP contribution in [0.5, 0.6) is 0 Å². The highest BCUT2D eigenvalue weighted by atomic mass is 32.2. The van der Waals surface area contributed by atoms with Gasteiger partial charge in [0.1, 0.15) is 5.01 Å². The van der Waals surface area contributed by atoms with Gasteiger partial charge < -0.3 is 4.74 Å². The van der Waals surface area contributed by atoms with Crippen molar-refractivity contribution in [1.29, 1.82) is 0 Å². The Labute approximate surface area is 135 Å². The van der Waals surface area contributed by atoms with Crippen LogP contribution in [0.3, 0.4) is 0 Å². The normalized spacial score (nSPS) is 30.2. The highest BCUT2D eigenvalue weighted by Gasteiger charge is 2.43. The topological polar surface area (TPSA) is 71.5 Å². The predicted octanol–water partition coefficient (Wildman–Crippen LogP) is 1.12. The highest BCUT2D eigenvalue weighted by molar-refractivity contribution is 7.88. The van der Waals surface area contributed by atoms with Gasteiger partial charge in [-0.1, -0.05) is 0 Å². The van der Waals surface area contributed by atoms with Crippen molar-refractivity contribution in [2.24, 2.45) is 0 Å². The van der Waals surface area contributed by atoms with Gasteiger partial charge in [0.05, 0.1) is 18.4 Å². The molecule has 0 radical (unpaired) electrons. The zero-order valence-corrected chi connectivity index (χ0v) is 14.7. The summed E-state index contributed by atoms with van der Waals surface area (Å²) < 4.78 is 31.7. The summed E-state index contributed by atoms with van der Waals surface area (Å²) >= 11 is 1.69. The molecule has 0 saturated carbocycles. The molecule has 3 rings (SSSR count). The van der Waals surface area contributed by atoms with Crippen molar-refractivity contribution in [2.45, 2.75) is 44.4 Å². The van der Waals surface area contributed by atoms with Crippen molar-refractivity contribution in [3.63, 3.8) is 0 Å². The van der Waals surface area contributed by atoms with Gasteiger partial charge in [-0.25, -0.2) is 18.1 Å². The molecule has 0 amide bonds. The first-order valence-electron chi connectivity index (χ1n) is 7.58. The molecule has 124 valence electrons. The van der Waals surface area contributed by atoms with Gasteiger partial charge >= 0.3 is 0 Å². The van der Waals surface area contributed by atoms with Crippen LogP contribution in [0, 0.1) is 6.92 Å². The third kappa shape index (κ3) is 4.05. The van der Waals surface area contributed by atoms with E-state index in [9.17, 15) is 8.42 Å². The lowest BCUT2D eigenvalue weighted by molar-refractivity contribution is -0.0779. The average molecular weight is 345 g/mol. The summed E-state index contributed by atoms with van der Waals surface area (Å²) in [5.74, 6) is 0. The van der Waals surface area contributed by atoms with Gasteiger partial charge in [0.15, 0.2) is 0 Å². The molecule has 2 aliphatic heterocycles. The molecule has 2 saturated heterocycles. The van der Waals surface area contributed by atoms with E-state index in [2.05, 4.69) is 20.0 Å². The molecular formula is C14H23N3O3S2. The molecule has 0 unspecified atom stereocenters. The first-order valence-corrected chi connectivity index (χ1v) is 10.4. The molecule has 1 N–H and O–H groups in total. The zero-order valence-electron chi connectivity index (χ0n) is 13.0. The fraction of sp³-hybridized carbons (Fsp3) is 0.786. The van der Waals surface area contributed by atoms with E-state index in [0.29, 0.717) is 6.61 Å². The van der Waals surface area contributed by atoms with Gasteiger partial charge in [-0.2, -0.15) is 0 Å². The summed E-state index contributed by atoms with van der Waals surface area (Å²) in [6.07, 6.45) is 3.69. The number of aryl methyl sites for hydroxylation is 1. The van der Waals surface area contributed by atoms with Crippen molar-refractivity contribution >= 4 is 21.4 Å². The summed E-state index contributed by atoms with van der Waals surface area (Å²) in [4.78, 5) is 6.88. The number of hydrogen-bond acceptors (Lipinski definition) is 6. The van der Waals surface area contributed by atoms with Crippen LogP contribution in [0.4, 0.5) is 0 Å². The maximum Gasteiger partial charge on any atom is 0.208 e. The number of sulfonamides is 1. The minimum atomic E-state index is -3.16. The largest absolute Gasteiger partial charge is 0.373 e. The summed E-state index contributed by atoms with van der Waals surface area (Å²) in [7, 11) is -3.16. The van der Waals surface area contributed by atoms with E-state index < -0.39 is 10.0 Å². The number of nitrogens with one attached hydrogen (secondary N) is 1.